The highest BCUT2D eigenvalue weighted by Gasteiger charge is 2.31. The fraction of sp³-hybridized carbons (Fsp3) is 0.500. The average molecular weight is 605 g/mol. The number of Topliss-reactive ketones (excluding diaryl/α,β-unsaturated/α-hetero) is 1. The summed E-state index contributed by atoms with van der Waals surface area (Å²) in [6.07, 6.45) is 7.94. The molecule has 1 aromatic rings. The molecule has 4 rings (SSSR count). The largest absolute Gasteiger partial charge is 0.356 e. The zero-order valence-corrected chi connectivity index (χ0v) is 25.4. The number of sulfonamides is 1. The van der Waals surface area contributed by atoms with Crippen molar-refractivity contribution in [3.05, 3.63) is 50.9 Å². The number of unbranched alkanes of at least 4 members (excludes halogenated alkanes) is 4. The molecule has 0 fully saturated rings. The fourth-order valence-electron chi connectivity index (χ4n) is 4.61. The van der Waals surface area contributed by atoms with Crippen LogP contribution in [0.2, 0.25) is 0 Å². The first-order chi connectivity index (χ1) is 19.2. The van der Waals surface area contributed by atoms with Crippen molar-refractivity contribution < 1.29 is 18.0 Å². The fourth-order valence-corrected chi connectivity index (χ4v) is 8.21. The number of benzene rings is 1. The lowest BCUT2D eigenvalue weighted by Gasteiger charge is -2.21. The van der Waals surface area contributed by atoms with Crippen molar-refractivity contribution in [3.8, 4) is 5.69 Å². The molecule has 0 saturated heterocycles. The number of ketones is 1. The molecule has 2 aliphatic heterocycles. The second-order valence-electron chi connectivity index (χ2n) is 10.0. The zero-order chi connectivity index (χ0) is 28.7. The first-order valence-electron chi connectivity index (χ1n) is 13.8. The molecule has 3 aliphatic rings. The summed E-state index contributed by atoms with van der Waals surface area (Å²) in [5.41, 5.74) is 1.30. The molecule has 0 radical (unpaired) electrons. The summed E-state index contributed by atoms with van der Waals surface area (Å²) in [6, 6.07) is 6.43. The van der Waals surface area contributed by atoms with Gasteiger partial charge < -0.3 is 5.32 Å². The monoisotopic (exact) mass is 604 g/mol. The van der Waals surface area contributed by atoms with Gasteiger partial charge in [0.2, 0.25) is 5.91 Å². The Bertz CT molecular complexity index is 1480. The van der Waals surface area contributed by atoms with Gasteiger partial charge in [-0.1, -0.05) is 43.9 Å². The van der Waals surface area contributed by atoms with E-state index in [0.29, 0.717) is 64.9 Å². The number of amides is 1. The second kappa shape index (κ2) is 13.8. The van der Waals surface area contributed by atoms with Gasteiger partial charge in [-0.3, -0.25) is 18.9 Å². The summed E-state index contributed by atoms with van der Waals surface area (Å²) in [6.45, 7) is 4.73. The number of nitrogens with zero attached hydrogens (tertiary/aromatic N) is 2. The average Bonchev–Trinajstić information content (AvgIpc) is 3.24. The topological polar surface area (TPSA) is 127 Å². The van der Waals surface area contributed by atoms with Crippen LogP contribution in [0.15, 0.2) is 38.2 Å². The molecule has 2 heterocycles. The van der Waals surface area contributed by atoms with E-state index in [-0.39, 0.29) is 22.4 Å². The molecule has 9 nitrogen and oxygen atoms in total. The molecule has 2 N–H and O–H groups in total. The number of carbonyl (C=O) groups excluding carboxylic acids is 2. The third-order valence-corrected chi connectivity index (χ3v) is 10.7. The molecule has 0 unspecified atom stereocenters. The second-order valence-corrected chi connectivity index (χ2v) is 14.1. The van der Waals surface area contributed by atoms with E-state index < -0.39 is 15.7 Å². The lowest BCUT2D eigenvalue weighted by Crippen LogP contribution is -2.24. The summed E-state index contributed by atoms with van der Waals surface area (Å²) < 4.78 is 30.9. The third-order valence-electron chi connectivity index (χ3n) is 6.78. The molecular formula is C28H36N4O5S3. The van der Waals surface area contributed by atoms with Crippen LogP contribution in [0.5, 0.6) is 0 Å². The molecule has 0 atom stereocenters. The Kier molecular flexibility index (Phi) is 10.4. The molecule has 216 valence electrons. The van der Waals surface area contributed by atoms with E-state index in [4.69, 9.17) is 0 Å². The summed E-state index contributed by atoms with van der Waals surface area (Å²) in [4.78, 5) is 42.6. The van der Waals surface area contributed by atoms with Gasteiger partial charge in [-0.05, 0) is 56.9 Å². The number of aryl methyl sites for hydroxylation is 1. The Balaban J connectivity index is 1.50. The molecule has 0 spiro atoms. The van der Waals surface area contributed by atoms with Gasteiger partial charge in [0.05, 0.1) is 14.0 Å². The van der Waals surface area contributed by atoms with E-state index in [0.717, 1.165) is 31.2 Å². The number of nitrogens with one attached hydrogen (secondary N) is 2. The molecule has 0 bridgehead atoms. The molecule has 0 saturated carbocycles. The van der Waals surface area contributed by atoms with Crippen molar-refractivity contribution in [3.63, 3.8) is 0 Å². The first-order valence-corrected chi connectivity index (χ1v) is 17.1. The van der Waals surface area contributed by atoms with Crippen molar-refractivity contribution in [1.82, 2.24) is 14.9 Å². The number of hydrogen-bond acceptors (Lipinski definition) is 8. The van der Waals surface area contributed by atoms with Crippen molar-refractivity contribution in [2.45, 2.75) is 87.2 Å². The molecule has 12 heteroatoms. The molecule has 40 heavy (non-hydrogen) atoms. The maximum atomic E-state index is 13.2. The van der Waals surface area contributed by atoms with Crippen LogP contribution < -0.4 is 15.7 Å². The van der Waals surface area contributed by atoms with Gasteiger partial charge >= 0.3 is 5.69 Å². The van der Waals surface area contributed by atoms with Crippen LogP contribution in [-0.4, -0.2) is 42.0 Å². The van der Waals surface area contributed by atoms with E-state index in [1.165, 1.54) is 46.2 Å². The number of anilines is 1. The summed E-state index contributed by atoms with van der Waals surface area (Å²) in [7, 11) is -3.99. The maximum absolute atomic E-state index is 13.2. The van der Waals surface area contributed by atoms with Crippen LogP contribution >= 0.6 is 23.1 Å². The first kappa shape index (κ1) is 30.3. The molecule has 1 amide bonds. The van der Waals surface area contributed by atoms with Crippen LogP contribution in [0.4, 0.5) is 5.82 Å². The lowest BCUT2D eigenvalue weighted by atomic mass is 10.0. The highest BCUT2D eigenvalue weighted by atomic mass is 32.2. The minimum atomic E-state index is -3.99. The van der Waals surface area contributed by atoms with Gasteiger partial charge in [-0.2, -0.15) is 4.98 Å². The van der Waals surface area contributed by atoms with Gasteiger partial charge in [0.25, 0.3) is 10.0 Å². The lowest BCUT2D eigenvalue weighted by molar-refractivity contribution is -0.121. The Morgan fingerprint density at radius 1 is 1.07 bits per heavy atom. The van der Waals surface area contributed by atoms with Gasteiger partial charge in [0.15, 0.2) is 11.6 Å². The summed E-state index contributed by atoms with van der Waals surface area (Å²) >= 11 is 2.75. The molecular weight excluding hydrogens is 569 g/mol. The number of hydrogen-bond donors (Lipinski definition) is 2. The number of fused-ring (bicyclic) bond motifs is 3. The predicted molar refractivity (Wildman–Crippen MR) is 160 cm³/mol. The summed E-state index contributed by atoms with van der Waals surface area (Å²) in [5, 5.41) is 2.97. The molecule has 1 aromatic carbocycles. The molecule has 1 aliphatic carbocycles. The SMILES string of the molecule is CCCCCCNC(=O)CCCCSc1sc2c(n3c(=O)nc(NS(=O)(=O)c4ccc(C)cc4)c1-3)CCCC2=O. The number of aromatic nitrogens is 2. The van der Waals surface area contributed by atoms with Crippen LogP contribution in [0.25, 0.3) is 5.69 Å². The van der Waals surface area contributed by atoms with Gasteiger partial charge in [0.1, 0.15) is 5.69 Å². The van der Waals surface area contributed by atoms with Gasteiger partial charge in [-0.15, -0.1) is 23.1 Å². The third kappa shape index (κ3) is 7.32. The maximum Gasteiger partial charge on any atom is 0.354 e. The van der Waals surface area contributed by atoms with Crippen LogP contribution in [0, 0.1) is 6.92 Å². The Morgan fingerprint density at radius 3 is 2.60 bits per heavy atom. The number of carbonyl (C=O) groups is 2. The van der Waals surface area contributed by atoms with E-state index in [1.807, 2.05) is 6.92 Å². The molecule has 0 aromatic heterocycles. The number of imidazole rings is 1. The Morgan fingerprint density at radius 2 is 1.85 bits per heavy atom. The standard InChI is InChI=1S/C28H36N4O5S3/c1-3-4-5-7-17-29-23(34)12-6-8-18-38-27-24-26(31-40(36,37)20-15-13-19(2)14-16-20)30-28(35)32(24)21-10-9-11-22(33)25(21)39-27/h13-16H,3-12,17-18H2,1-2H3,(H,29,34)(H,30,31,35). The van der Waals surface area contributed by atoms with Crippen molar-refractivity contribution in [1.29, 1.82) is 0 Å². The van der Waals surface area contributed by atoms with E-state index >= 15 is 0 Å². The minimum Gasteiger partial charge on any atom is -0.356 e. The van der Waals surface area contributed by atoms with Gasteiger partial charge in [-0.25, -0.2) is 13.2 Å². The van der Waals surface area contributed by atoms with E-state index in [2.05, 4.69) is 21.9 Å². The highest BCUT2D eigenvalue weighted by Crippen LogP contribution is 2.41. The number of thioether (sulfide) groups is 1. The smallest absolute Gasteiger partial charge is 0.354 e. The quantitative estimate of drug-likeness (QED) is 0.188. The van der Waals surface area contributed by atoms with Crippen molar-refractivity contribution in [2.75, 3.05) is 17.0 Å². The zero-order valence-electron chi connectivity index (χ0n) is 23.0. The van der Waals surface area contributed by atoms with Crippen molar-refractivity contribution in [2.24, 2.45) is 0 Å². The normalized spacial score (nSPS) is 13.4. The van der Waals surface area contributed by atoms with Crippen LogP contribution in [0.3, 0.4) is 0 Å². The Labute approximate surface area is 243 Å². The van der Waals surface area contributed by atoms with Crippen molar-refractivity contribution >= 4 is 50.6 Å². The van der Waals surface area contributed by atoms with Crippen LogP contribution in [-0.2, 0) is 21.2 Å². The highest BCUT2D eigenvalue weighted by molar-refractivity contribution is 8.01. The Hall–Kier alpha value is -2.70. The van der Waals surface area contributed by atoms with Gasteiger partial charge in [0, 0.05) is 25.1 Å². The van der Waals surface area contributed by atoms with Crippen LogP contribution in [0.1, 0.15) is 85.6 Å². The minimum absolute atomic E-state index is 0.0134. The summed E-state index contributed by atoms with van der Waals surface area (Å²) in [5.74, 6) is 0.644. The number of rotatable bonds is 14. The predicted octanol–water partition coefficient (Wildman–Crippen LogP) is 5.32. The van der Waals surface area contributed by atoms with E-state index in [1.54, 1.807) is 12.1 Å². The van der Waals surface area contributed by atoms with E-state index in [9.17, 15) is 22.8 Å².